The summed E-state index contributed by atoms with van der Waals surface area (Å²) >= 11 is 0. The Hall–Kier alpha value is -1.26. The molecule has 0 bridgehead atoms. The van der Waals surface area contributed by atoms with E-state index in [0.717, 1.165) is 6.54 Å². The number of hydrogen-bond acceptors (Lipinski definition) is 7. The van der Waals surface area contributed by atoms with Crippen LogP contribution in [0.5, 0.6) is 0 Å². The molecule has 0 radical (unpaired) electrons. The molecule has 0 saturated heterocycles. The Morgan fingerprint density at radius 2 is 1.53 bits per heavy atom. The lowest BCUT2D eigenvalue weighted by Gasteiger charge is -2.21. The first-order chi connectivity index (χ1) is 9.13. The van der Waals surface area contributed by atoms with Crippen molar-refractivity contribution in [3.63, 3.8) is 0 Å². The number of carbonyl (C=O) groups excluding carboxylic acids is 2. The van der Waals surface area contributed by atoms with Gasteiger partial charge in [-0.2, -0.15) is 0 Å². The summed E-state index contributed by atoms with van der Waals surface area (Å²) in [7, 11) is 0. The second kappa shape index (κ2) is 11.8. The molecule has 0 aliphatic rings. The first kappa shape index (κ1) is 17.7. The number of nitrogens with zero attached hydrogens (tertiary/aromatic N) is 1. The molecule has 19 heavy (non-hydrogen) atoms. The van der Waals surface area contributed by atoms with E-state index in [1.807, 2.05) is 0 Å². The van der Waals surface area contributed by atoms with Crippen molar-refractivity contribution >= 4 is 11.8 Å². The largest absolute Gasteiger partial charge is 0.329 e. The van der Waals surface area contributed by atoms with Gasteiger partial charge < -0.3 is 16.0 Å². The number of nitrogens with one attached hydrogen (secondary N) is 3. The zero-order chi connectivity index (χ0) is 14.5. The first-order valence-corrected chi connectivity index (χ1v) is 6.26. The molecule has 0 spiro atoms. The SMILES string of the molecule is NCCN(CCNCCC(=O)NN)CCC(=O)NN. The van der Waals surface area contributed by atoms with Gasteiger partial charge in [0.2, 0.25) is 11.8 Å². The highest BCUT2D eigenvalue weighted by Crippen LogP contribution is 1.90. The number of hydrogen-bond donors (Lipinski definition) is 6. The summed E-state index contributed by atoms with van der Waals surface area (Å²) in [5, 5.41) is 3.12. The molecule has 9 N–H and O–H groups in total. The summed E-state index contributed by atoms with van der Waals surface area (Å²) in [5.41, 5.74) is 9.65. The van der Waals surface area contributed by atoms with Gasteiger partial charge in [-0.1, -0.05) is 0 Å². The maximum absolute atomic E-state index is 11.0. The quantitative estimate of drug-likeness (QED) is 0.0994. The van der Waals surface area contributed by atoms with Crippen LogP contribution in [0, 0.1) is 0 Å². The molecule has 0 heterocycles. The minimum atomic E-state index is -0.203. The van der Waals surface area contributed by atoms with E-state index in [4.69, 9.17) is 17.4 Å². The molecule has 2 amide bonds. The van der Waals surface area contributed by atoms with E-state index in [-0.39, 0.29) is 11.8 Å². The minimum Gasteiger partial charge on any atom is -0.329 e. The van der Waals surface area contributed by atoms with Gasteiger partial charge in [0.25, 0.3) is 0 Å². The molecule has 0 unspecified atom stereocenters. The van der Waals surface area contributed by atoms with Crippen LogP contribution in [0.3, 0.4) is 0 Å². The molecular formula is C10H25N7O2. The standard InChI is InChI=1S/C10H25N7O2/c11-3-7-17(6-2-10(19)16-13)8-5-14-4-1-9(18)15-12/h14H,1-8,11-13H2,(H,15,18)(H,16,19). The van der Waals surface area contributed by atoms with Crippen LogP contribution in [0.15, 0.2) is 0 Å². The van der Waals surface area contributed by atoms with Gasteiger partial charge in [0.15, 0.2) is 0 Å². The maximum Gasteiger partial charge on any atom is 0.235 e. The summed E-state index contributed by atoms with van der Waals surface area (Å²) in [6, 6.07) is 0. The van der Waals surface area contributed by atoms with Gasteiger partial charge in [0.1, 0.15) is 0 Å². The van der Waals surface area contributed by atoms with Crippen molar-refractivity contribution in [1.82, 2.24) is 21.1 Å². The highest BCUT2D eigenvalue weighted by molar-refractivity contribution is 5.75. The van der Waals surface area contributed by atoms with Crippen molar-refractivity contribution in [2.45, 2.75) is 12.8 Å². The van der Waals surface area contributed by atoms with Gasteiger partial charge in [-0.05, 0) is 0 Å². The molecule has 0 aliphatic heterocycles. The molecule has 0 aromatic heterocycles. The first-order valence-electron chi connectivity index (χ1n) is 6.26. The minimum absolute atomic E-state index is 0.199. The second-order valence-electron chi connectivity index (χ2n) is 4.02. The predicted octanol–water partition coefficient (Wildman–Crippen LogP) is -3.40. The third-order valence-corrected chi connectivity index (χ3v) is 2.56. The van der Waals surface area contributed by atoms with Crippen molar-refractivity contribution in [3.05, 3.63) is 0 Å². The van der Waals surface area contributed by atoms with Crippen LogP contribution >= 0.6 is 0 Å². The summed E-state index contributed by atoms with van der Waals surface area (Å²) in [6.07, 6.45) is 0.676. The van der Waals surface area contributed by atoms with Crippen LogP contribution in [0.25, 0.3) is 0 Å². The fourth-order valence-electron chi connectivity index (χ4n) is 1.49. The van der Waals surface area contributed by atoms with Gasteiger partial charge in [-0.15, -0.1) is 0 Å². The molecule has 112 valence electrons. The molecule has 9 nitrogen and oxygen atoms in total. The molecule has 0 rings (SSSR count). The number of amides is 2. The van der Waals surface area contributed by atoms with Crippen molar-refractivity contribution in [3.8, 4) is 0 Å². The highest BCUT2D eigenvalue weighted by Gasteiger charge is 2.06. The molecule has 9 heteroatoms. The molecular weight excluding hydrogens is 250 g/mol. The van der Waals surface area contributed by atoms with Gasteiger partial charge in [-0.3, -0.25) is 20.4 Å². The Morgan fingerprint density at radius 1 is 0.895 bits per heavy atom. The topological polar surface area (TPSA) is 152 Å². The van der Waals surface area contributed by atoms with E-state index in [0.29, 0.717) is 45.6 Å². The lowest BCUT2D eigenvalue weighted by Crippen LogP contribution is -2.40. The van der Waals surface area contributed by atoms with E-state index < -0.39 is 0 Å². The second-order valence-corrected chi connectivity index (χ2v) is 4.02. The normalized spacial score (nSPS) is 10.5. The average Bonchev–Trinajstić information content (AvgIpc) is 2.43. The zero-order valence-electron chi connectivity index (χ0n) is 11.2. The van der Waals surface area contributed by atoms with E-state index >= 15 is 0 Å². The predicted molar refractivity (Wildman–Crippen MR) is 72.3 cm³/mol. The van der Waals surface area contributed by atoms with Gasteiger partial charge >= 0.3 is 0 Å². The highest BCUT2D eigenvalue weighted by atomic mass is 16.2. The lowest BCUT2D eigenvalue weighted by atomic mass is 10.3. The van der Waals surface area contributed by atoms with Crippen molar-refractivity contribution in [2.75, 3.05) is 39.3 Å². The van der Waals surface area contributed by atoms with Gasteiger partial charge in [-0.25, -0.2) is 11.7 Å². The Bertz CT molecular complexity index is 262. The summed E-state index contributed by atoms with van der Waals surface area (Å²) in [5.74, 6) is 9.57. The summed E-state index contributed by atoms with van der Waals surface area (Å²) < 4.78 is 0. The molecule has 0 aromatic carbocycles. The van der Waals surface area contributed by atoms with E-state index in [2.05, 4.69) is 21.1 Å². The summed E-state index contributed by atoms with van der Waals surface area (Å²) in [6.45, 7) is 3.86. The van der Waals surface area contributed by atoms with E-state index in [1.54, 1.807) is 0 Å². The van der Waals surface area contributed by atoms with Crippen LogP contribution in [0.1, 0.15) is 12.8 Å². The number of carbonyl (C=O) groups is 2. The Balaban J connectivity index is 3.69. The van der Waals surface area contributed by atoms with Crippen LogP contribution in [0.2, 0.25) is 0 Å². The molecule has 0 atom stereocenters. The third-order valence-electron chi connectivity index (χ3n) is 2.56. The van der Waals surface area contributed by atoms with Crippen molar-refractivity contribution in [1.29, 1.82) is 0 Å². The summed E-state index contributed by atoms with van der Waals surface area (Å²) in [4.78, 5) is 24.0. The van der Waals surface area contributed by atoms with E-state index in [1.165, 1.54) is 0 Å². The van der Waals surface area contributed by atoms with Gasteiger partial charge in [0.05, 0.1) is 0 Å². The molecule has 0 saturated carbocycles. The van der Waals surface area contributed by atoms with Crippen LogP contribution in [-0.4, -0.2) is 56.0 Å². The zero-order valence-corrected chi connectivity index (χ0v) is 11.2. The smallest absolute Gasteiger partial charge is 0.235 e. The third kappa shape index (κ3) is 10.4. The fraction of sp³-hybridized carbons (Fsp3) is 0.800. The number of hydrazine groups is 2. The number of nitrogens with two attached hydrogens (primary N) is 3. The molecule has 0 aliphatic carbocycles. The fourth-order valence-corrected chi connectivity index (χ4v) is 1.49. The Kier molecular flexibility index (Phi) is 11.0. The Morgan fingerprint density at radius 3 is 2.11 bits per heavy atom. The van der Waals surface area contributed by atoms with Gasteiger partial charge in [0, 0.05) is 52.1 Å². The monoisotopic (exact) mass is 275 g/mol. The lowest BCUT2D eigenvalue weighted by molar-refractivity contribution is -0.122. The number of rotatable bonds is 11. The van der Waals surface area contributed by atoms with Crippen LogP contribution in [0.4, 0.5) is 0 Å². The van der Waals surface area contributed by atoms with Crippen LogP contribution in [-0.2, 0) is 9.59 Å². The Labute approximate surface area is 113 Å². The van der Waals surface area contributed by atoms with E-state index in [9.17, 15) is 9.59 Å². The maximum atomic E-state index is 11.0. The molecule has 0 fully saturated rings. The van der Waals surface area contributed by atoms with Crippen molar-refractivity contribution in [2.24, 2.45) is 17.4 Å². The van der Waals surface area contributed by atoms with Crippen LogP contribution < -0.4 is 33.6 Å². The average molecular weight is 275 g/mol. The molecule has 0 aromatic rings. The van der Waals surface area contributed by atoms with Crippen molar-refractivity contribution < 1.29 is 9.59 Å².